The minimum Gasteiger partial charge on any atom is -0.454 e. The third-order valence-electron chi connectivity index (χ3n) is 3.77. The molecule has 2 heterocycles. The van der Waals surface area contributed by atoms with Crippen molar-refractivity contribution in [2.24, 2.45) is 0 Å². The van der Waals surface area contributed by atoms with Gasteiger partial charge in [-0.1, -0.05) is 23.7 Å². The van der Waals surface area contributed by atoms with Crippen molar-refractivity contribution in [1.29, 1.82) is 0 Å². The summed E-state index contributed by atoms with van der Waals surface area (Å²) in [6, 6.07) is 11.2. The first-order valence-corrected chi connectivity index (χ1v) is 7.31. The highest BCUT2D eigenvalue weighted by Gasteiger charge is 2.27. The van der Waals surface area contributed by atoms with E-state index in [9.17, 15) is 4.79 Å². The van der Waals surface area contributed by atoms with E-state index in [4.69, 9.17) is 21.1 Å². The molecule has 0 aliphatic carbocycles. The van der Waals surface area contributed by atoms with Crippen LogP contribution in [0.3, 0.4) is 0 Å². The van der Waals surface area contributed by atoms with E-state index in [2.05, 4.69) is 5.32 Å². The van der Waals surface area contributed by atoms with Crippen LogP contribution in [0.1, 0.15) is 5.56 Å². The van der Waals surface area contributed by atoms with Crippen LogP contribution >= 0.6 is 11.6 Å². The quantitative estimate of drug-likeness (QED) is 0.925. The van der Waals surface area contributed by atoms with Gasteiger partial charge in [0.2, 0.25) is 12.7 Å². The zero-order valence-corrected chi connectivity index (χ0v) is 12.4. The number of nitrogens with one attached hydrogen (secondary N) is 1. The molecule has 2 aromatic carbocycles. The molecule has 0 spiro atoms. The van der Waals surface area contributed by atoms with Crippen LogP contribution in [0.5, 0.6) is 11.5 Å². The molecule has 1 N–H and O–H groups in total. The number of hydrogen-bond donors (Lipinski definition) is 1. The van der Waals surface area contributed by atoms with Crippen LogP contribution in [-0.4, -0.2) is 19.2 Å². The summed E-state index contributed by atoms with van der Waals surface area (Å²) in [5, 5.41) is 3.80. The molecule has 5 nitrogen and oxygen atoms in total. The number of rotatable bonds is 2. The summed E-state index contributed by atoms with van der Waals surface area (Å²) >= 11 is 5.91. The van der Waals surface area contributed by atoms with Crippen LogP contribution in [0, 0.1) is 0 Å². The first kappa shape index (κ1) is 13.3. The summed E-state index contributed by atoms with van der Waals surface area (Å²) < 4.78 is 10.8. The SMILES string of the molecule is O=C1CNc2cc3c(cc2N1Cc1ccc(Cl)cc1)OCO3. The Hall–Kier alpha value is -2.40. The van der Waals surface area contributed by atoms with Gasteiger partial charge in [-0.05, 0) is 17.7 Å². The lowest BCUT2D eigenvalue weighted by Crippen LogP contribution is -2.39. The maximum absolute atomic E-state index is 12.3. The van der Waals surface area contributed by atoms with Crippen LogP contribution in [0.25, 0.3) is 0 Å². The molecule has 0 fully saturated rings. The number of fused-ring (bicyclic) bond motifs is 2. The van der Waals surface area contributed by atoms with Crippen molar-refractivity contribution >= 4 is 28.9 Å². The fraction of sp³-hybridized carbons (Fsp3) is 0.188. The lowest BCUT2D eigenvalue weighted by Gasteiger charge is -2.30. The van der Waals surface area contributed by atoms with Crippen molar-refractivity contribution < 1.29 is 14.3 Å². The number of halogens is 1. The van der Waals surface area contributed by atoms with E-state index in [1.807, 2.05) is 36.4 Å². The van der Waals surface area contributed by atoms with Gasteiger partial charge >= 0.3 is 0 Å². The number of amides is 1. The highest BCUT2D eigenvalue weighted by molar-refractivity contribution is 6.30. The first-order chi connectivity index (χ1) is 10.7. The molecule has 0 saturated heterocycles. The Balaban J connectivity index is 1.70. The molecule has 0 aromatic heterocycles. The van der Waals surface area contributed by atoms with Crippen molar-refractivity contribution in [3.63, 3.8) is 0 Å². The fourth-order valence-electron chi connectivity index (χ4n) is 2.64. The molecule has 0 radical (unpaired) electrons. The van der Waals surface area contributed by atoms with Gasteiger partial charge in [0.1, 0.15) is 0 Å². The Morgan fingerprint density at radius 1 is 1.14 bits per heavy atom. The van der Waals surface area contributed by atoms with Crippen molar-refractivity contribution in [3.8, 4) is 11.5 Å². The van der Waals surface area contributed by atoms with E-state index in [1.165, 1.54) is 0 Å². The lowest BCUT2D eigenvalue weighted by molar-refractivity contribution is -0.117. The van der Waals surface area contributed by atoms with Crippen molar-refractivity contribution in [2.45, 2.75) is 6.54 Å². The fourth-order valence-corrected chi connectivity index (χ4v) is 2.77. The Morgan fingerprint density at radius 3 is 2.64 bits per heavy atom. The van der Waals surface area contributed by atoms with E-state index in [0.717, 1.165) is 16.9 Å². The molecule has 0 bridgehead atoms. The molecule has 0 atom stereocenters. The summed E-state index contributed by atoms with van der Waals surface area (Å²) in [7, 11) is 0. The number of carbonyl (C=O) groups is 1. The Morgan fingerprint density at radius 2 is 1.86 bits per heavy atom. The summed E-state index contributed by atoms with van der Waals surface area (Å²) in [5.41, 5.74) is 2.69. The van der Waals surface area contributed by atoms with Gasteiger partial charge in [-0.15, -0.1) is 0 Å². The van der Waals surface area contributed by atoms with Crippen LogP contribution in [-0.2, 0) is 11.3 Å². The standard InChI is InChI=1S/C16H13ClN2O3/c17-11-3-1-10(2-4-11)8-19-13-6-15-14(21-9-22-15)5-12(13)18-7-16(19)20/h1-6,18H,7-9H2. The molecule has 6 heteroatoms. The van der Waals surface area contributed by atoms with E-state index >= 15 is 0 Å². The van der Waals surface area contributed by atoms with Crippen molar-refractivity contribution in [2.75, 3.05) is 23.6 Å². The van der Waals surface area contributed by atoms with Crippen LogP contribution in [0.2, 0.25) is 5.02 Å². The van der Waals surface area contributed by atoms with E-state index in [1.54, 1.807) is 4.90 Å². The normalized spacial score (nSPS) is 15.5. The van der Waals surface area contributed by atoms with Crippen LogP contribution in [0.15, 0.2) is 36.4 Å². The van der Waals surface area contributed by atoms with Crippen molar-refractivity contribution in [3.05, 3.63) is 47.0 Å². The molecule has 1 amide bonds. The lowest BCUT2D eigenvalue weighted by atomic mass is 10.1. The molecule has 4 rings (SSSR count). The Labute approximate surface area is 132 Å². The number of ether oxygens (including phenoxy) is 2. The highest BCUT2D eigenvalue weighted by atomic mass is 35.5. The average molecular weight is 317 g/mol. The predicted molar refractivity (Wildman–Crippen MR) is 83.7 cm³/mol. The second-order valence-corrected chi connectivity index (χ2v) is 5.62. The largest absolute Gasteiger partial charge is 0.454 e. The number of hydrogen-bond acceptors (Lipinski definition) is 4. The van der Waals surface area contributed by atoms with Gasteiger partial charge in [-0.25, -0.2) is 0 Å². The summed E-state index contributed by atoms with van der Waals surface area (Å²) in [6.45, 7) is 0.966. The van der Waals surface area contributed by atoms with Gasteiger partial charge < -0.3 is 19.7 Å². The maximum Gasteiger partial charge on any atom is 0.246 e. The molecule has 0 saturated carbocycles. The Bertz CT molecular complexity index is 746. The molecule has 112 valence electrons. The number of benzene rings is 2. The second-order valence-electron chi connectivity index (χ2n) is 5.18. The van der Waals surface area contributed by atoms with Gasteiger partial charge in [-0.2, -0.15) is 0 Å². The minimum absolute atomic E-state index is 0.0151. The predicted octanol–water partition coefficient (Wildman–Crippen LogP) is 3.03. The third-order valence-corrected chi connectivity index (χ3v) is 4.02. The number of nitrogens with zero attached hydrogens (tertiary/aromatic N) is 1. The zero-order valence-electron chi connectivity index (χ0n) is 11.6. The topological polar surface area (TPSA) is 50.8 Å². The van der Waals surface area contributed by atoms with Crippen molar-refractivity contribution in [1.82, 2.24) is 0 Å². The third kappa shape index (κ3) is 2.23. The second kappa shape index (κ2) is 5.10. The summed E-state index contributed by atoms with van der Waals surface area (Å²) in [6.07, 6.45) is 0. The minimum atomic E-state index is 0.0151. The smallest absolute Gasteiger partial charge is 0.246 e. The Kier molecular flexibility index (Phi) is 3.08. The van der Waals surface area contributed by atoms with Gasteiger partial charge in [0, 0.05) is 17.2 Å². The zero-order chi connectivity index (χ0) is 15.1. The molecule has 2 aliphatic rings. The molecular weight excluding hydrogens is 304 g/mol. The van der Waals surface area contributed by atoms with E-state index < -0.39 is 0 Å². The van der Waals surface area contributed by atoms with Gasteiger partial charge in [-0.3, -0.25) is 4.79 Å². The van der Waals surface area contributed by atoms with E-state index in [0.29, 0.717) is 23.1 Å². The molecule has 2 aromatic rings. The summed E-state index contributed by atoms with van der Waals surface area (Å²) in [5.74, 6) is 1.38. The molecule has 2 aliphatic heterocycles. The number of carbonyl (C=O) groups excluding carboxylic acids is 1. The highest BCUT2D eigenvalue weighted by Crippen LogP contribution is 2.42. The van der Waals surface area contributed by atoms with Crippen LogP contribution < -0.4 is 19.7 Å². The van der Waals surface area contributed by atoms with E-state index in [-0.39, 0.29) is 19.2 Å². The molecule has 0 unspecified atom stereocenters. The summed E-state index contributed by atoms with van der Waals surface area (Å²) in [4.78, 5) is 14.0. The average Bonchev–Trinajstić information content (AvgIpc) is 2.97. The monoisotopic (exact) mass is 316 g/mol. The van der Waals surface area contributed by atoms with Gasteiger partial charge in [0.15, 0.2) is 11.5 Å². The molecular formula is C16H13ClN2O3. The first-order valence-electron chi connectivity index (χ1n) is 6.93. The molecule has 22 heavy (non-hydrogen) atoms. The van der Waals surface area contributed by atoms with Gasteiger partial charge in [0.05, 0.1) is 24.5 Å². The maximum atomic E-state index is 12.3. The van der Waals surface area contributed by atoms with Gasteiger partial charge in [0.25, 0.3) is 0 Å². The number of anilines is 2. The van der Waals surface area contributed by atoms with Crippen LogP contribution in [0.4, 0.5) is 11.4 Å².